The number of nitrogens with zero attached hydrogens (tertiary/aromatic N) is 3. The van der Waals surface area contributed by atoms with Crippen LogP contribution >= 0.6 is 23.1 Å². The van der Waals surface area contributed by atoms with Crippen LogP contribution in [-0.2, 0) is 12.2 Å². The van der Waals surface area contributed by atoms with E-state index in [-0.39, 0.29) is 5.56 Å². The van der Waals surface area contributed by atoms with E-state index >= 15 is 0 Å². The number of aromatic nitrogens is 4. The number of hydrogen-bond acceptors (Lipinski definition) is 8. The second-order valence-corrected chi connectivity index (χ2v) is 8.85. The number of nitrogens with one attached hydrogen (secondary N) is 1. The molecule has 4 aromatic rings. The van der Waals surface area contributed by atoms with Crippen molar-refractivity contribution in [3.05, 3.63) is 45.1 Å². The molecule has 1 unspecified atom stereocenters. The number of thioether (sulfide) groups is 1. The lowest BCUT2D eigenvalue weighted by molar-refractivity contribution is 0.390. The summed E-state index contributed by atoms with van der Waals surface area (Å²) in [6.07, 6.45) is 3.54. The Morgan fingerprint density at radius 2 is 2.21 bits per heavy atom. The summed E-state index contributed by atoms with van der Waals surface area (Å²) < 4.78 is 10.5. The molecule has 0 aliphatic rings. The maximum Gasteiger partial charge on any atom is 0.260 e. The van der Waals surface area contributed by atoms with Crippen LogP contribution in [0, 0.1) is 12.8 Å². The zero-order chi connectivity index (χ0) is 19.7. The number of hydrogen-bond donors (Lipinski definition) is 1. The summed E-state index contributed by atoms with van der Waals surface area (Å²) in [5.41, 5.74) is 1.04. The summed E-state index contributed by atoms with van der Waals surface area (Å²) in [5.74, 6) is 2.34. The molecular weight excluding hydrogens is 396 g/mol. The summed E-state index contributed by atoms with van der Waals surface area (Å²) in [6.45, 7) is 6.43. The Labute approximate surface area is 169 Å². The van der Waals surface area contributed by atoms with Crippen molar-refractivity contribution in [1.82, 2.24) is 20.1 Å². The van der Waals surface area contributed by atoms with Crippen LogP contribution in [0.1, 0.15) is 36.6 Å². The van der Waals surface area contributed by atoms with Crippen molar-refractivity contribution in [1.29, 1.82) is 0 Å². The van der Waals surface area contributed by atoms with E-state index in [1.807, 2.05) is 0 Å². The van der Waals surface area contributed by atoms with Gasteiger partial charge < -0.3 is 13.9 Å². The van der Waals surface area contributed by atoms with E-state index < -0.39 is 0 Å². The summed E-state index contributed by atoms with van der Waals surface area (Å²) in [7, 11) is 0. The van der Waals surface area contributed by atoms with Gasteiger partial charge in [0.25, 0.3) is 5.56 Å². The predicted octanol–water partition coefficient (Wildman–Crippen LogP) is 4.82. The zero-order valence-corrected chi connectivity index (χ0v) is 17.4. The first-order valence-electron chi connectivity index (χ1n) is 9.06. The summed E-state index contributed by atoms with van der Waals surface area (Å²) >= 11 is 2.94. The lowest BCUT2D eigenvalue weighted by Gasteiger charge is -2.08. The minimum Gasteiger partial charge on any atom is -0.461 e. The highest BCUT2D eigenvalue weighted by Gasteiger charge is 2.17. The van der Waals surface area contributed by atoms with Crippen molar-refractivity contribution in [3.63, 3.8) is 0 Å². The van der Waals surface area contributed by atoms with Crippen LogP contribution in [-0.4, -0.2) is 20.1 Å². The molecule has 7 nitrogen and oxygen atoms in total. The second-order valence-electron chi connectivity index (χ2n) is 6.68. The Hall–Kier alpha value is -2.39. The molecule has 0 bridgehead atoms. The van der Waals surface area contributed by atoms with Crippen LogP contribution in [0.15, 0.2) is 37.3 Å². The molecule has 0 fully saturated rings. The van der Waals surface area contributed by atoms with Gasteiger partial charge in [-0.05, 0) is 37.0 Å². The topological polar surface area (TPSA) is 97.8 Å². The Kier molecular flexibility index (Phi) is 5.36. The number of thiophene rings is 1. The van der Waals surface area contributed by atoms with Gasteiger partial charge in [-0.1, -0.05) is 37.2 Å². The average molecular weight is 417 g/mol. The molecule has 4 heterocycles. The van der Waals surface area contributed by atoms with Crippen LogP contribution in [0.5, 0.6) is 0 Å². The van der Waals surface area contributed by atoms with Gasteiger partial charge in [-0.25, -0.2) is 4.98 Å². The fraction of sp³-hybridized carbons (Fsp3) is 0.368. The molecule has 4 rings (SSSR count). The number of H-pyrrole nitrogens is 1. The van der Waals surface area contributed by atoms with E-state index in [0.29, 0.717) is 34.3 Å². The van der Waals surface area contributed by atoms with Gasteiger partial charge in [0.05, 0.1) is 17.4 Å². The van der Waals surface area contributed by atoms with Crippen molar-refractivity contribution in [3.8, 4) is 11.6 Å². The van der Waals surface area contributed by atoms with Crippen LogP contribution in [0.25, 0.3) is 21.8 Å². The highest BCUT2D eigenvalue weighted by molar-refractivity contribution is 7.98. The van der Waals surface area contributed by atoms with Crippen molar-refractivity contribution < 1.29 is 8.94 Å². The van der Waals surface area contributed by atoms with Crippen LogP contribution in [0.3, 0.4) is 0 Å². The normalized spacial score (nSPS) is 12.7. The van der Waals surface area contributed by atoms with Gasteiger partial charge in [-0.2, -0.15) is 4.98 Å². The zero-order valence-electron chi connectivity index (χ0n) is 15.8. The van der Waals surface area contributed by atoms with Gasteiger partial charge in [0.2, 0.25) is 11.7 Å². The van der Waals surface area contributed by atoms with Crippen molar-refractivity contribution in [2.24, 2.45) is 5.92 Å². The third-order valence-corrected chi connectivity index (χ3v) is 6.53. The molecule has 0 spiro atoms. The van der Waals surface area contributed by atoms with E-state index in [0.717, 1.165) is 33.5 Å². The monoisotopic (exact) mass is 416 g/mol. The molecule has 0 aliphatic heterocycles. The Bertz CT molecular complexity index is 1140. The van der Waals surface area contributed by atoms with Gasteiger partial charge in [-0.3, -0.25) is 4.79 Å². The average Bonchev–Trinajstić information content (AvgIpc) is 3.40. The minimum absolute atomic E-state index is 0.0862. The second kappa shape index (κ2) is 7.92. The van der Waals surface area contributed by atoms with Crippen LogP contribution in [0.2, 0.25) is 0 Å². The highest BCUT2D eigenvalue weighted by atomic mass is 32.2. The van der Waals surface area contributed by atoms with Gasteiger partial charge in [-0.15, -0.1) is 11.3 Å². The number of rotatable bonds is 7. The maximum atomic E-state index is 12.7. The standard InChI is InChI=1S/C19H20N4O3S2/c1-4-10(2)8-12-11(3)28-18-15(12)17(24)21-19(22-18)27-9-14-20-16(23-26-14)13-6-5-7-25-13/h5-7,10H,4,8-9H2,1-3H3,(H,21,22,24). The summed E-state index contributed by atoms with van der Waals surface area (Å²) in [6, 6.07) is 3.54. The van der Waals surface area contributed by atoms with E-state index in [9.17, 15) is 4.79 Å². The predicted molar refractivity (Wildman–Crippen MR) is 110 cm³/mol. The van der Waals surface area contributed by atoms with E-state index in [2.05, 4.69) is 40.9 Å². The molecule has 0 saturated heterocycles. The Balaban J connectivity index is 1.54. The minimum atomic E-state index is -0.0862. The fourth-order valence-corrected chi connectivity index (χ4v) is 4.72. The largest absolute Gasteiger partial charge is 0.461 e. The summed E-state index contributed by atoms with van der Waals surface area (Å²) in [4.78, 5) is 26.5. The van der Waals surface area contributed by atoms with Crippen molar-refractivity contribution in [2.45, 2.75) is 44.5 Å². The molecule has 0 aromatic carbocycles. The van der Waals surface area contributed by atoms with E-state index in [1.165, 1.54) is 11.8 Å². The first-order chi connectivity index (χ1) is 13.5. The first kappa shape index (κ1) is 18.9. The lowest BCUT2D eigenvalue weighted by Crippen LogP contribution is -2.11. The fourth-order valence-electron chi connectivity index (χ4n) is 2.91. The highest BCUT2D eigenvalue weighted by Crippen LogP contribution is 2.31. The van der Waals surface area contributed by atoms with Crippen molar-refractivity contribution in [2.75, 3.05) is 0 Å². The molecule has 28 heavy (non-hydrogen) atoms. The maximum absolute atomic E-state index is 12.7. The Morgan fingerprint density at radius 1 is 1.36 bits per heavy atom. The first-order valence-corrected chi connectivity index (χ1v) is 10.9. The van der Waals surface area contributed by atoms with Crippen molar-refractivity contribution >= 4 is 33.3 Å². The van der Waals surface area contributed by atoms with Crippen LogP contribution in [0.4, 0.5) is 0 Å². The molecule has 0 amide bonds. The van der Waals surface area contributed by atoms with E-state index in [4.69, 9.17) is 8.94 Å². The molecular formula is C19H20N4O3S2. The quantitative estimate of drug-likeness (QED) is 0.341. The third kappa shape index (κ3) is 3.77. The van der Waals surface area contributed by atoms with Gasteiger partial charge >= 0.3 is 0 Å². The SMILES string of the molecule is CCC(C)Cc1c(C)sc2nc(SCc3nc(-c4ccco4)no3)[nH]c(=O)c12. The number of furan rings is 1. The van der Waals surface area contributed by atoms with Gasteiger partial charge in [0, 0.05) is 4.88 Å². The molecule has 9 heteroatoms. The molecule has 0 aliphatic carbocycles. The molecule has 1 N–H and O–H groups in total. The van der Waals surface area contributed by atoms with Gasteiger partial charge in [0.1, 0.15) is 4.83 Å². The number of aromatic amines is 1. The third-order valence-electron chi connectivity index (χ3n) is 4.63. The smallest absolute Gasteiger partial charge is 0.260 e. The van der Waals surface area contributed by atoms with Crippen LogP contribution < -0.4 is 5.56 Å². The van der Waals surface area contributed by atoms with Gasteiger partial charge in [0.15, 0.2) is 10.9 Å². The number of aryl methyl sites for hydroxylation is 1. The lowest BCUT2D eigenvalue weighted by atomic mass is 9.98. The Morgan fingerprint density at radius 3 is 2.96 bits per heavy atom. The van der Waals surface area contributed by atoms with E-state index in [1.54, 1.807) is 29.7 Å². The molecule has 0 radical (unpaired) electrons. The number of fused-ring (bicyclic) bond motifs is 1. The summed E-state index contributed by atoms with van der Waals surface area (Å²) in [5, 5.41) is 5.18. The molecule has 146 valence electrons. The molecule has 4 aromatic heterocycles. The molecule has 1 atom stereocenters. The molecule has 0 saturated carbocycles.